The van der Waals surface area contributed by atoms with E-state index in [2.05, 4.69) is 4.74 Å². The second kappa shape index (κ2) is 14.4. The minimum absolute atomic E-state index is 0.0789. The fourth-order valence-corrected chi connectivity index (χ4v) is 3.22. The molecule has 0 spiro atoms. The van der Waals surface area contributed by atoms with Crippen LogP contribution in [-0.4, -0.2) is 37.8 Å². The molecule has 0 amide bonds. The molecular weight excluding hydrogens is 432 g/mol. The number of aliphatic hydroxyl groups is 1. The van der Waals surface area contributed by atoms with E-state index in [1.807, 2.05) is 24.3 Å². The minimum Gasteiger partial charge on any atom is -0.494 e. The summed E-state index contributed by atoms with van der Waals surface area (Å²) in [7, 11) is 2.89. The van der Waals surface area contributed by atoms with Crippen LogP contribution in [0.15, 0.2) is 42.5 Å². The van der Waals surface area contributed by atoms with Gasteiger partial charge in [-0.25, -0.2) is 4.79 Å². The van der Waals surface area contributed by atoms with Gasteiger partial charge in [0.1, 0.15) is 12.4 Å². The molecule has 0 aliphatic rings. The van der Waals surface area contributed by atoms with Crippen LogP contribution in [0.25, 0.3) is 6.08 Å². The molecule has 2 aromatic carbocycles. The second-order valence-electron chi connectivity index (χ2n) is 7.15. The fourth-order valence-electron chi connectivity index (χ4n) is 3.03. The van der Waals surface area contributed by atoms with Crippen molar-refractivity contribution in [3.8, 4) is 17.2 Å². The van der Waals surface area contributed by atoms with Crippen molar-refractivity contribution in [2.75, 3.05) is 26.7 Å². The topological polar surface area (TPSA) is 74.2 Å². The van der Waals surface area contributed by atoms with Gasteiger partial charge in [0, 0.05) is 12.0 Å². The SMILES string of the molecule is COC(=O)/C=C/c1ccc(OCc2cc(CO)cc(OCCCCCCCl)c2)c(OC)c1. The number of rotatable bonds is 14. The predicted molar refractivity (Wildman–Crippen MR) is 125 cm³/mol. The van der Waals surface area contributed by atoms with Crippen molar-refractivity contribution in [3.63, 3.8) is 0 Å². The molecule has 0 aliphatic carbocycles. The molecule has 6 nitrogen and oxygen atoms in total. The summed E-state index contributed by atoms with van der Waals surface area (Å²) in [5.41, 5.74) is 2.42. The van der Waals surface area contributed by atoms with Crippen LogP contribution < -0.4 is 14.2 Å². The Morgan fingerprint density at radius 1 is 0.969 bits per heavy atom. The molecule has 0 unspecified atom stereocenters. The number of benzene rings is 2. The van der Waals surface area contributed by atoms with Gasteiger partial charge in [-0.15, -0.1) is 11.6 Å². The van der Waals surface area contributed by atoms with Crippen LogP contribution in [0.4, 0.5) is 0 Å². The van der Waals surface area contributed by atoms with Crippen molar-refractivity contribution in [3.05, 3.63) is 59.2 Å². The van der Waals surface area contributed by atoms with Crippen LogP contribution in [-0.2, 0) is 22.7 Å². The van der Waals surface area contributed by atoms with Gasteiger partial charge in [-0.2, -0.15) is 0 Å². The highest BCUT2D eigenvalue weighted by atomic mass is 35.5. The summed E-state index contributed by atoms with van der Waals surface area (Å²) < 4.78 is 21.8. The lowest BCUT2D eigenvalue weighted by molar-refractivity contribution is -0.134. The molecule has 0 saturated carbocycles. The quantitative estimate of drug-likeness (QED) is 0.181. The van der Waals surface area contributed by atoms with Crippen molar-refractivity contribution in [2.24, 2.45) is 0 Å². The van der Waals surface area contributed by atoms with Gasteiger partial charge in [0.05, 0.1) is 27.4 Å². The van der Waals surface area contributed by atoms with Crippen molar-refractivity contribution in [1.82, 2.24) is 0 Å². The molecule has 2 rings (SSSR count). The van der Waals surface area contributed by atoms with E-state index in [9.17, 15) is 9.90 Å². The molecule has 0 aliphatic heterocycles. The van der Waals surface area contributed by atoms with Gasteiger partial charge in [0.2, 0.25) is 0 Å². The number of methoxy groups -OCH3 is 2. The lowest BCUT2D eigenvalue weighted by Gasteiger charge is -2.14. The number of alkyl halides is 1. The lowest BCUT2D eigenvalue weighted by atomic mass is 10.1. The summed E-state index contributed by atoms with van der Waals surface area (Å²) in [6.07, 6.45) is 7.14. The number of carbonyl (C=O) groups excluding carboxylic acids is 1. The van der Waals surface area contributed by atoms with Crippen LogP contribution in [0.1, 0.15) is 42.4 Å². The van der Waals surface area contributed by atoms with Crippen LogP contribution >= 0.6 is 11.6 Å². The van der Waals surface area contributed by atoms with Crippen LogP contribution in [0.2, 0.25) is 0 Å². The van der Waals surface area contributed by atoms with E-state index in [0.29, 0.717) is 29.7 Å². The molecule has 2 aromatic rings. The monoisotopic (exact) mass is 462 g/mol. The normalized spacial score (nSPS) is 10.9. The molecule has 7 heteroatoms. The van der Waals surface area contributed by atoms with E-state index < -0.39 is 5.97 Å². The van der Waals surface area contributed by atoms with E-state index in [0.717, 1.165) is 42.4 Å². The van der Waals surface area contributed by atoms with Crippen molar-refractivity contribution >= 4 is 23.6 Å². The zero-order valence-electron chi connectivity index (χ0n) is 18.6. The van der Waals surface area contributed by atoms with Gasteiger partial charge in [-0.1, -0.05) is 18.9 Å². The van der Waals surface area contributed by atoms with Gasteiger partial charge in [0.15, 0.2) is 11.5 Å². The average molecular weight is 463 g/mol. The number of hydrogen-bond donors (Lipinski definition) is 1. The maximum Gasteiger partial charge on any atom is 0.330 e. The molecule has 0 atom stereocenters. The number of hydrogen-bond acceptors (Lipinski definition) is 6. The lowest BCUT2D eigenvalue weighted by Crippen LogP contribution is -2.02. The zero-order valence-corrected chi connectivity index (χ0v) is 19.4. The third-order valence-corrected chi connectivity index (χ3v) is 4.97. The van der Waals surface area contributed by atoms with Crippen molar-refractivity contribution < 1.29 is 28.8 Å². The summed E-state index contributed by atoms with van der Waals surface area (Å²) in [5.74, 6) is 2.09. The highest BCUT2D eigenvalue weighted by Gasteiger charge is 2.08. The Morgan fingerprint density at radius 2 is 1.75 bits per heavy atom. The molecule has 0 heterocycles. The third-order valence-electron chi connectivity index (χ3n) is 4.70. The highest BCUT2D eigenvalue weighted by molar-refractivity contribution is 6.17. The Hall–Kier alpha value is -2.70. The standard InChI is InChI=1S/C25H31ClO6/c1-29-24-16-19(8-10-25(28)30-2)7-9-23(24)32-18-21-13-20(17-27)14-22(15-21)31-12-6-4-3-5-11-26/h7-10,13-16,27H,3-6,11-12,17-18H2,1-2H3/b10-8+. The summed E-state index contributed by atoms with van der Waals surface area (Å²) in [6, 6.07) is 11.0. The summed E-state index contributed by atoms with van der Waals surface area (Å²) in [6.45, 7) is 0.823. The van der Waals surface area contributed by atoms with Gasteiger partial charge in [-0.05, 0) is 65.9 Å². The first-order chi connectivity index (χ1) is 15.6. The molecule has 0 bridgehead atoms. The van der Waals surface area contributed by atoms with Crippen molar-refractivity contribution in [2.45, 2.75) is 38.9 Å². The van der Waals surface area contributed by atoms with E-state index >= 15 is 0 Å². The Balaban J connectivity index is 2.01. The number of aliphatic hydroxyl groups excluding tert-OH is 1. The van der Waals surface area contributed by atoms with Gasteiger partial charge in [-0.3, -0.25) is 0 Å². The van der Waals surface area contributed by atoms with Crippen LogP contribution in [0.3, 0.4) is 0 Å². The van der Waals surface area contributed by atoms with Crippen LogP contribution in [0.5, 0.6) is 17.2 Å². The number of carbonyl (C=O) groups is 1. The molecule has 174 valence electrons. The second-order valence-corrected chi connectivity index (χ2v) is 7.53. The Labute approximate surface area is 194 Å². The molecule has 0 saturated heterocycles. The maximum absolute atomic E-state index is 11.3. The van der Waals surface area contributed by atoms with Gasteiger partial charge in [0.25, 0.3) is 0 Å². The first-order valence-electron chi connectivity index (χ1n) is 10.6. The minimum atomic E-state index is -0.429. The first kappa shape index (κ1) is 25.6. The summed E-state index contributed by atoms with van der Waals surface area (Å²) >= 11 is 5.70. The van der Waals surface area contributed by atoms with Crippen molar-refractivity contribution in [1.29, 1.82) is 0 Å². The van der Waals surface area contributed by atoms with E-state index in [1.165, 1.54) is 13.2 Å². The molecule has 0 fully saturated rings. The maximum atomic E-state index is 11.3. The van der Waals surface area contributed by atoms with Gasteiger partial charge >= 0.3 is 5.97 Å². The highest BCUT2D eigenvalue weighted by Crippen LogP contribution is 2.30. The summed E-state index contributed by atoms with van der Waals surface area (Å²) in [4.78, 5) is 11.3. The first-order valence-corrected chi connectivity index (χ1v) is 11.1. The number of halogens is 1. The Kier molecular flexibility index (Phi) is 11.5. The summed E-state index contributed by atoms with van der Waals surface area (Å²) in [5, 5.41) is 9.59. The van der Waals surface area contributed by atoms with E-state index in [1.54, 1.807) is 25.3 Å². The smallest absolute Gasteiger partial charge is 0.330 e. The Bertz CT molecular complexity index is 881. The molecule has 1 N–H and O–H groups in total. The van der Waals surface area contributed by atoms with E-state index in [4.69, 9.17) is 25.8 Å². The fraction of sp³-hybridized carbons (Fsp3) is 0.400. The van der Waals surface area contributed by atoms with E-state index in [-0.39, 0.29) is 13.2 Å². The third kappa shape index (κ3) is 8.81. The largest absolute Gasteiger partial charge is 0.494 e. The van der Waals surface area contributed by atoms with Gasteiger partial charge < -0.3 is 24.1 Å². The average Bonchev–Trinajstić information content (AvgIpc) is 2.83. The molecular formula is C25H31ClO6. The molecule has 0 aromatic heterocycles. The Morgan fingerprint density at radius 3 is 2.47 bits per heavy atom. The zero-order chi connectivity index (χ0) is 23.2. The van der Waals surface area contributed by atoms with Crippen LogP contribution in [0, 0.1) is 0 Å². The molecule has 0 radical (unpaired) electrons. The number of unbranched alkanes of at least 4 members (excludes halogenated alkanes) is 3. The number of ether oxygens (including phenoxy) is 4. The molecule has 32 heavy (non-hydrogen) atoms. The number of esters is 1. The predicted octanol–water partition coefficient (Wildman–Crippen LogP) is 5.13.